The minimum absolute atomic E-state index is 0.163. The lowest BCUT2D eigenvalue weighted by atomic mass is 9.94. The second-order valence-electron chi connectivity index (χ2n) is 5.64. The Hall–Kier alpha value is -1.48. The molecule has 1 saturated heterocycles. The van der Waals surface area contributed by atoms with Gasteiger partial charge in [0.1, 0.15) is 9.88 Å². The Morgan fingerprint density at radius 2 is 2.25 bits per heavy atom. The number of thiophene rings is 1. The summed E-state index contributed by atoms with van der Waals surface area (Å²) in [5.74, 6) is -1.28. The minimum Gasteiger partial charge on any atom is -0.481 e. The first kappa shape index (κ1) is 17.3. The van der Waals surface area contributed by atoms with Crippen molar-refractivity contribution in [2.24, 2.45) is 0 Å². The molecule has 2 aromatic rings. The number of rotatable bonds is 5. The molecule has 1 aliphatic rings. The number of aliphatic carboxylic acids is 1. The van der Waals surface area contributed by atoms with Crippen molar-refractivity contribution in [3.05, 3.63) is 27.0 Å². The molecular weight excluding hydrogens is 372 g/mol. The zero-order valence-corrected chi connectivity index (χ0v) is 15.2. The molecule has 1 unspecified atom stereocenters. The fourth-order valence-corrected chi connectivity index (χ4v) is 4.68. The van der Waals surface area contributed by atoms with Gasteiger partial charge in [0.15, 0.2) is 0 Å². The molecule has 24 heavy (non-hydrogen) atoms. The second kappa shape index (κ2) is 6.79. The van der Waals surface area contributed by atoms with Gasteiger partial charge in [-0.25, -0.2) is 4.98 Å². The van der Waals surface area contributed by atoms with E-state index >= 15 is 0 Å². The number of nitrogens with one attached hydrogen (secondary N) is 1. The molecule has 3 heterocycles. The summed E-state index contributed by atoms with van der Waals surface area (Å²) in [5, 5.41) is 12.7. The average molecular weight is 387 g/mol. The van der Waals surface area contributed by atoms with Gasteiger partial charge in [-0.1, -0.05) is 11.6 Å². The number of carbonyl (C=O) groups is 2. The van der Waals surface area contributed by atoms with Crippen LogP contribution in [0.3, 0.4) is 0 Å². The van der Waals surface area contributed by atoms with Crippen LogP contribution in [0.5, 0.6) is 0 Å². The molecular formula is C15H15ClN2O4S2. The molecule has 0 saturated carbocycles. The van der Waals surface area contributed by atoms with E-state index in [1.807, 2.05) is 6.07 Å². The van der Waals surface area contributed by atoms with Gasteiger partial charge >= 0.3 is 5.97 Å². The molecule has 2 aromatic heterocycles. The molecule has 2 N–H and O–H groups in total. The van der Waals surface area contributed by atoms with Gasteiger partial charge in [0.25, 0.3) is 5.91 Å². The molecule has 0 spiro atoms. The van der Waals surface area contributed by atoms with Crippen molar-refractivity contribution in [1.29, 1.82) is 0 Å². The van der Waals surface area contributed by atoms with Crippen LogP contribution in [-0.4, -0.2) is 40.7 Å². The molecule has 0 aromatic carbocycles. The maximum atomic E-state index is 12.6. The van der Waals surface area contributed by atoms with Gasteiger partial charge in [-0.2, -0.15) is 0 Å². The van der Waals surface area contributed by atoms with Crippen molar-refractivity contribution in [2.75, 3.05) is 13.2 Å². The zero-order chi connectivity index (χ0) is 17.3. The van der Waals surface area contributed by atoms with Crippen LogP contribution in [0, 0.1) is 6.92 Å². The Labute approximate surface area is 151 Å². The number of ether oxygens (including phenoxy) is 1. The number of carboxylic acids is 1. The van der Waals surface area contributed by atoms with Crippen LogP contribution in [0.15, 0.2) is 12.1 Å². The highest BCUT2D eigenvalue weighted by molar-refractivity contribution is 7.24. The Morgan fingerprint density at radius 1 is 1.46 bits per heavy atom. The number of halogens is 1. The number of amides is 1. The normalized spacial score (nSPS) is 20.2. The summed E-state index contributed by atoms with van der Waals surface area (Å²) in [7, 11) is 0. The van der Waals surface area contributed by atoms with Gasteiger partial charge in [0.2, 0.25) is 0 Å². The molecule has 9 heteroatoms. The quantitative estimate of drug-likeness (QED) is 0.823. The Balaban J connectivity index is 1.82. The predicted molar refractivity (Wildman–Crippen MR) is 93.1 cm³/mol. The number of aryl methyl sites for hydroxylation is 1. The molecule has 1 fully saturated rings. The number of thiazole rings is 1. The van der Waals surface area contributed by atoms with E-state index in [2.05, 4.69) is 10.3 Å². The van der Waals surface area contributed by atoms with Gasteiger partial charge < -0.3 is 15.2 Å². The molecule has 0 aliphatic carbocycles. The van der Waals surface area contributed by atoms with Gasteiger partial charge in [0.05, 0.1) is 33.5 Å². The molecule has 1 amide bonds. The third-order valence-electron chi connectivity index (χ3n) is 3.76. The van der Waals surface area contributed by atoms with Crippen molar-refractivity contribution in [3.63, 3.8) is 0 Å². The van der Waals surface area contributed by atoms with Gasteiger partial charge in [-0.3, -0.25) is 9.59 Å². The van der Waals surface area contributed by atoms with E-state index in [9.17, 15) is 9.59 Å². The van der Waals surface area contributed by atoms with Crippen LogP contribution < -0.4 is 5.32 Å². The minimum atomic E-state index is -0.962. The largest absolute Gasteiger partial charge is 0.481 e. The van der Waals surface area contributed by atoms with Gasteiger partial charge in [-0.15, -0.1) is 22.7 Å². The lowest BCUT2D eigenvalue weighted by molar-refractivity contribution is -0.138. The number of nitrogens with zero attached hydrogens (tertiary/aromatic N) is 1. The lowest BCUT2D eigenvalue weighted by Gasteiger charge is -2.26. The summed E-state index contributed by atoms with van der Waals surface area (Å²) in [4.78, 5) is 29.6. The van der Waals surface area contributed by atoms with Crippen molar-refractivity contribution in [3.8, 4) is 9.88 Å². The van der Waals surface area contributed by atoms with Crippen LogP contribution in [-0.2, 0) is 9.53 Å². The Kier molecular flexibility index (Phi) is 4.91. The maximum absolute atomic E-state index is 12.6. The highest BCUT2D eigenvalue weighted by Crippen LogP contribution is 2.35. The van der Waals surface area contributed by atoms with E-state index in [4.69, 9.17) is 21.4 Å². The van der Waals surface area contributed by atoms with E-state index in [-0.39, 0.29) is 18.9 Å². The summed E-state index contributed by atoms with van der Waals surface area (Å²) in [6.45, 7) is 2.41. The second-order valence-corrected chi connectivity index (χ2v) is 8.36. The average Bonchev–Trinajstić information content (AvgIpc) is 3.19. The number of carbonyl (C=O) groups excluding carboxylic acids is 1. The van der Waals surface area contributed by atoms with Gasteiger partial charge in [0, 0.05) is 6.61 Å². The van der Waals surface area contributed by atoms with E-state index < -0.39 is 11.5 Å². The van der Waals surface area contributed by atoms with Crippen molar-refractivity contribution >= 4 is 46.2 Å². The van der Waals surface area contributed by atoms with Crippen LogP contribution in [0.2, 0.25) is 4.34 Å². The molecule has 0 radical (unpaired) electrons. The predicted octanol–water partition coefficient (Wildman–Crippen LogP) is 3.20. The number of aromatic nitrogens is 1. The number of carboxylic acid groups (broad SMARTS) is 1. The number of hydrogen-bond acceptors (Lipinski definition) is 6. The lowest BCUT2D eigenvalue weighted by Crippen LogP contribution is -2.50. The standard InChI is InChI=1S/C15H15ClN2O4S2/c1-8-12(24-14(17-8)9-2-3-10(16)23-9)13(21)18-15(6-11(19)20)4-5-22-7-15/h2-3H,4-7H2,1H3,(H,18,21)(H,19,20). The topological polar surface area (TPSA) is 88.5 Å². The molecule has 1 atom stereocenters. The summed E-state index contributed by atoms with van der Waals surface area (Å²) < 4.78 is 5.96. The maximum Gasteiger partial charge on any atom is 0.305 e. The smallest absolute Gasteiger partial charge is 0.305 e. The van der Waals surface area contributed by atoms with Crippen LogP contribution >= 0.6 is 34.3 Å². The summed E-state index contributed by atoms with van der Waals surface area (Å²) >= 11 is 8.62. The summed E-state index contributed by atoms with van der Waals surface area (Å²) in [6, 6.07) is 3.65. The third-order valence-corrected chi connectivity index (χ3v) is 6.31. The Bertz CT molecular complexity index is 780. The van der Waals surface area contributed by atoms with Gasteiger partial charge in [-0.05, 0) is 25.5 Å². The monoisotopic (exact) mass is 386 g/mol. The third kappa shape index (κ3) is 3.61. The zero-order valence-electron chi connectivity index (χ0n) is 12.8. The Morgan fingerprint density at radius 3 is 2.83 bits per heavy atom. The summed E-state index contributed by atoms with van der Waals surface area (Å²) in [6.07, 6.45) is 0.320. The highest BCUT2D eigenvalue weighted by Gasteiger charge is 2.39. The molecule has 128 valence electrons. The molecule has 6 nitrogen and oxygen atoms in total. The number of hydrogen-bond donors (Lipinski definition) is 2. The SMILES string of the molecule is Cc1nc(-c2ccc(Cl)s2)sc1C(=O)NC1(CC(=O)O)CCOC1. The molecule has 0 bridgehead atoms. The summed E-state index contributed by atoms with van der Waals surface area (Å²) in [5.41, 5.74) is -0.243. The fraction of sp³-hybridized carbons (Fsp3) is 0.400. The highest BCUT2D eigenvalue weighted by atomic mass is 35.5. The van der Waals surface area contributed by atoms with Crippen molar-refractivity contribution < 1.29 is 19.4 Å². The van der Waals surface area contributed by atoms with E-state index in [0.717, 1.165) is 9.88 Å². The van der Waals surface area contributed by atoms with Crippen molar-refractivity contribution in [2.45, 2.75) is 25.3 Å². The molecule has 1 aliphatic heterocycles. The van der Waals surface area contributed by atoms with E-state index in [1.54, 1.807) is 13.0 Å². The van der Waals surface area contributed by atoms with E-state index in [0.29, 0.717) is 27.9 Å². The molecule has 3 rings (SSSR count). The van der Waals surface area contributed by atoms with Crippen molar-refractivity contribution in [1.82, 2.24) is 10.3 Å². The first-order chi connectivity index (χ1) is 11.4. The van der Waals surface area contributed by atoms with E-state index in [1.165, 1.54) is 22.7 Å². The van der Waals surface area contributed by atoms with Crippen LogP contribution in [0.25, 0.3) is 9.88 Å². The van der Waals surface area contributed by atoms with Crippen LogP contribution in [0.1, 0.15) is 28.2 Å². The first-order valence-corrected chi connectivity index (χ1v) is 9.25. The fourth-order valence-electron chi connectivity index (χ4n) is 2.62. The van der Waals surface area contributed by atoms with Crippen LogP contribution in [0.4, 0.5) is 0 Å². The first-order valence-electron chi connectivity index (χ1n) is 7.24.